The third-order valence-corrected chi connectivity index (χ3v) is 2.92. The zero-order valence-corrected chi connectivity index (χ0v) is 9.34. The third-order valence-electron chi connectivity index (χ3n) is 2.92. The predicted octanol–water partition coefficient (Wildman–Crippen LogP) is 2.09. The second kappa shape index (κ2) is 4.43. The van der Waals surface area contributed by atoms with Crippen molar-refractivity contribution in [3.63, 3.8) is 0 Å². The Morgan fingerprint density at radius 2 is 1.92 bits per heavy atom. The molecule has 0 amide bonds. The Kier molecular flexibility index (Phi) is 3.74. The van der Waals surface area contributed by atoms with Gasteiger partial charge in [-0.2, -0.15) is 0 Å². The summed E-state index contributed by atoms with van der Waals surface area (Å²) in [7, 11) is 0. The quantitative estimate of drug-likeness (QED) is 0.679. The molecule has 0 aromatic carbocycles. The maximum absolute atomic E-state index is 5.11. The number of nitrogens with zero attached hydrogens (tertiary/aromatic N) is 1. The number of hydrogen-bond donors (Lipinski definition) is 1. The molecule has 80 valence electrons. The van der Waals surface area contributed by atoms with Crippen molar-refractivity contribution in [2.45, 2.75) is 46.1 Å². The summed E-state index contributed by atoms with van der Waals surface area (Å²) in [6.45, 7) is 10.2. The van der Waals surface area contributed by atoms with E-state index < -0.39 is 0 Å². The normalized spacial score (nSPS) is 24.7. The molecule has 2 N–H and O–H groups in total. The van der Waals surface area contributed by atoms with Gasteiger partial charge in [-0.25, -0.2) is 0 Å². The summed E-state index contributed by atoms with van der Waals surface area (Å²) >= 11 is 0. The van der Waals surface area contributed by atoms with E-state index in [1.807, 2.05) is 13.8 Å². The van der Waals surface area contributed by atoms with Gasteiger partial charge in [-0.05, 0) is 43.8 Å². The van der Waals surface area contributed by atoms with Crippen molar-refractivity contribution in [2.24, 2.45) is 11.1 Å². The zero-order chi connectivity index (χ0) is 9.90. The number of nitrogens with two attached hydrogens (primary N) is 1. The fourth-order valence-corrected chi connectivity index (χ4v) is 1.88. The van der Waals surface area contributed by atoms with Crippen LogP contribution in [-0.4, -0.2) is 30.6 Å². The summed E-state index contributed by atoms with van der Waals surface area (Å²) in [6.07, 6.45) is 4.52. The minimum Gasteiger partial charge on any atom is -0.328 e. The van der Waals surface area contributed by atoms with Gasteiger partial charge in [-0.15, -0.1) is 0 Å². The fraction of sp³-hybridized carbons (Fsp3) is 1.00. The highest BCUT2D eigenvalue weighted by molar-refractivity contribution is 4.99. The Hall–Kier alpha value is -0.0800. The van der Waals surface area contributed by atoms with E-state index >= 15 is 0 Å². The second-order valence-corrected chi connectivity index (χ2v) is 4.86. The second-order valence-electron chi connectivity index (χ2n) is 4.86. The van der Waals surface area contributed by atoms with E-state index in [1.165, 1.54) is 38.9 Å². The molecule has 2 fully saturated rings. The highest BCUT2D eigenvalue weighted by Gasteiger charge is 2.46. The smallest absolute Gasteiger partial charge is 0.00383 e. The first-order valence-electron chi connectivity index (χ1n) is 5.56. The third kappa shape index (κ3) is 3.65. The van der Waals surface area contributed by atoms with Gasteiger partial charge in [-0.3, -0.25) is 0 Å². The molecule has 0 unspecified atom stereocenters. The van der Waals surface area contributed by atoms with E-state index in [1.54, 1.807) is 0 Å². The molecule has 0 atom stereocenters. The molecule has 1 aliphatic carbocycles. The largest absolute Gasteiger partial charge is 0.328 e. The Morgan fingerprint density at radius 3 is 2.15 bits per heavy atom. The molecule has 0 aromatic rings. The van der Waals surface area contributed by atoms with Crippen molar-refractivity contribution < 1.29 is 1.43 Å². The Bertz CT molecular complexity index is 153. The first-order chi connectivity index (χ1) is 6.08. The molecule has 1 saturated carbocycles. The number of likely N-dealkylation sites (tertiary alicyclic amines) is 1. The van der Waals surface area contributed by atoms with Gasteiger partial charge in [0.1, 0.15) is 0 Å². The minimum atomic E-state index is 0. The van der Waals surface area contributed by atoms with Crippen molar-refractivity contribution in [1.29, 1.82) is 0 Å². The maximum Gasteiger partial charge on any atom is 0.00383 e. The van der Waals surface area contributed by atoms with Crippen LogP contribution in [0, 0.1) is 5.41 Å². The summed E-state index contributed by atoms with van der Waals surface area (Å²) < 4.78 is 0. The van der Waals surface area contributed by atoms with Gasteiger partial charge in [0.05, 0.1) is 0 Å². The van der Waals surface area contributed by atoms with Crippen LogP contribution in [0.5, 0.6) is 0 Å². The Morgan fingerprint density at radius 1 is 1.38 bits per heavy atom. The van der Waals surface area contributed by atoms with Crippen molar-refractivity contribution in [1.82, 2.24) is 4.90 Å². The average molecular weight is 186 g/mol. The Labute approximate surface area is 84.0 Å². The van der Waals surface area contributed by atoms with Crippen LogP contribution >= 0.6 is 0 Å². The van der Waals surface area contributed by atoms with Crippen molar-refractivity contribution >= 4 is 0 Å². The van der Waals surface area contributed by atoms with Crippen LogP contribution in [-0.2, 0) is 0 Å². The Balaban J connectivity index is 0.000000299. The number of hydrogen-bond acceptors (Lipinski definition) is 2. The van der Waals surface area contributed by atoms with Crippen LogP contribution in [0.1, 0.15) is 41.5 Å². The summed E-state index contributed by atoms with van der Waals surface area (Å²) in [5.74, 6) is 0. The first kappa shape index (κ1) is 11.0. The molecule has 1 heterocycles. The van der Waals surface area contributed by atoms with Gasteiger partial charge < -0.3 is 10.6 Å². The first-order valence-corrected chi connectivity index (χ1v) is 5.56. The van der Waals surface area contributed by atoms with E-state index in [0.29, 0.717) is 6.04 Å². The van der Waals surface area contributed by atoms with E-state index in [4.69, 9.17) is 5.73 Å². The zero-order valence-electron chi connectivity index (χ0n) is 9.34. The van der Waals surface area contributed by atoms with Crippen LogP contribution < -0.4 is 5.73 Å². The molecule has 0 bridgehead atoms. The lowest BCUT2D eigenvalue weighted by Crippen LogP contribution is -2.19. The van der Waals surface area contributed by atoms with Crippen LogP contribution in [0.4, 0.5) is 0 Å². The van der Waals surface area contributed by atoms with Gasteiger partial charge in [0.2, 0.25) is 0 Å². The number of rotatable bonds is 1. The topological polar surface area (TPSA) is 29.3 Å². The highest BCUT2D eigenvalue weighted by atomic mass is 15.2. The van der Waals surface area contributed by atoms with E-state index in [9.17, 15) is 0 Å². The maximum atomic E-state index is 5.11. The van der Waals surface area contributed by atoms with Crippen LogP contribution in [0.15, 0.2) is 0 Å². The molecule has 13 heavy (non-hydrogen) atoms. The standard InChI is InChI=1S/C8H15N.C3H9N.H2/c1-2-9-6-5-8(7-9)3-4-8;1-3(2)4;/h2-7H2,1H3;3H,4H2,1-2H3;1H. The van der Waals surface area contributed by atoms with E-state index in [0.717, 1.165) is 5.41 Å². The summed E-state index contributed by atoms with van der Waals surface area (Å²) in [5.41, 5.74) is 5.95. The SMILES string of the molecule is CC(C)N.CCN1CCC2(CC2)C1.[HH]. The van der Waals surface area contributed by atoms with Gasteiger partial charge in [-0.1, -0.05) is 20.8 Å². The van der Waals surface area contributed by atoms with Gasteiger partial charge in [0.25, 0.3) is 0 Å². The fourth-order valence-electron chi connectivity index (χ4n) is 1.88. The summed E-state index contributed by atoms with van der Waals surface area (Å²) in [5, 5.41) is 0. The summed E-state index contributed by atoms with van der Waals surface area (Å²) in [6, 6.07) is 0.333. The monoisotopic (exact) mass is 186 g/mol. The van der Waals surface area contributed by atoms with Crippen LogP contribution in [0.2, 0.25) is 0 Å². The lowest BCUT2D eigenvalue weighted by Gasteiger charge is -2.10. The molecule has 0 aromatic heterocycles. The molecule has 0 radical (unpaired) electrons. The minimum absolute atomic E-state index is 0. The van der Waals surface area contributed by atoms with Crippen LogP contribution in [0.25, 0.3) is 0 Å². The van der Waals surface area contributed by atoms with E-state index in [2.05, 4.69) is 11.8 Å². The van der Waals surface area contributed by atoms with Crippen molar-refractivity contribution in [3.05, 3.63) is 0 Å². The molecule has 1 saturated heterocycles. The molecule has 2 aliphatic rings. The predicted molar refractivity (Wildman–Crippen MR) is 59.8 cm³/mol. The molecule has 1 aliphatic heterocycles. The molecule has 1 spiro atoms. The lowest BCUT2D eigenvalue weighted by molar-refractivity contribution is 0.337. The molecule has 2 heteroatoms. The van der Waals surface area contributed by atoms with Crippen LogP contribution in [0.3, 0.4) is 0 Å². The van der Waals surface area contributed by atoms with Gasteiger partial charge in [0, 0.05) is 7.97 Å². The van der Waals surface area contributed by atoms with Crippen molar-refractivity contribution in [3.8, 4) is 0 Å². The summed E-state index contributed by atoms with van der Waals surface area (Å²) in [4.78, 5) is 2.58. The van der Waals surface area contributed by atoms with E-state index in [-0.39, 0.29) is 1.43 Å². The average Bonchev–Trinajstić information content (AvgIpc) is 2.61. The molecular weight excluding hydrogens is 160 g/mol. The van der Waals surface area contributed by atoms with Gasteiger partial charge >= 0.3 is 0 Å². The highest BCUT2D eigenvalue weighted by Crippen LogP contribution is 2.52. The molecule has 2 nitrogen and oxygen atoms in total. The lowest BCUT2D eigenvalue weighted by atomic mass is 10.1. The molecule has 2 rings (SSSR count). The van der Waals surface area contributed by atoms with Crippen molar-refractivity contribution in [2.75, 3.05) is 19.6 Å². The molecular formula is C11H26N2. The van der Waals surface area contributed by atoms with Gasteiger partial charge in [0.15, 0.2) is 0 Å².